The average Bonchev–Trinajstić information content (AvgIpc) is 3.09. The van der Waals surface area contributed by atoms with E-state index >= 15 is 0 Å². The second kappa shape index (κ2) is 6.31. The molecule has 0 spiro atoms. The van der Waals surface area contributed by atoms with Gasteiger partial charge in [0, 0.05) is 18.5 Å². The normalized spacial score (nSPS) is 17.5. The largest absolute Gasteiger partial charge is 0.465 e. The number of rotatable bonds is 5. The molecular formula is C15H14FN3O2S. The Morgan fingerprint density at radius 2 is 2.18 bits per heavy atom. The fraction of sp³-hybridized carbons (Fsp3) is 0.267. The third-order valence-corrected chi connectivity index (χ3v) is 4.49. The van der Waals surface area contributed by atoms with Gasteiger partial charge in [0.25, 0.3) is 0 Å². The maximum Gasteiger partial charge on any atom is 0.319 e. The number of carbonyl (C=O) groups excluding carboxylic acids is 1. The first kappa shape index (κ1) is 14.8. The van der Waals surface area contributed by atoms with E-state index < -0.39 is 0 Å². The minimum absolute atomic E-state index is 0.221. The fourth-order valence-electron chi connectivity index (χ4n) is 2.19. The van der Waals surface area contributed by atoms with Crippen LogP contribution in [-0.2, 0) is 16.1 Å². The van der Waals surface area contributed by atoms with E-state index in [1.165, 1.54) is 23.9 Å². The SMILES string of the molecule is C=CCn1c(S[C@H]2CCOC2=O)nnc1-c1ccc(F)cc1. The van der Waals surface area contributed by atoms with Crippen LogP contribution in [0.15, 0.2) is 42.1 Å². The minimum atomic E-state index is -0.304. The summed E-state index contributed by atoms with van der Waals surface area (Å²) in [6.07, 6.45) is 2.39. The Labute approximate surface area is 131 Å². The van der Waals surface area contributed by atoms with Crippen LogP contribution in [0.3, 0.4) is 0 Å². The van der Waals surface area contributed by atoms with Gasteiger partial charge in [-0.15, -0.1) is 16.8 Å². The smallest absolute Gasteiger partial charge is 0.319 e. The number of ether oxygens (including phenoxy) is 1. The highest BCUT2D eigenvalue weighted by molar-refractivity contribution is 8.00. The summed E-state index contributed by atoms with van der Waals surface area (Å²) < 4.78 is 19.9. The van der Waals surface area contributed by atoms with Crippen molar-refractivity contribution < 1.29 is 13.9 Å². The van der Waals surface area contributed by atoms with Crippen molar-refractivity contribution in [3.63, 3.8) is 0 Å². The molecule has 0 bridgehead atoms. The minimum Gasteiger partial charge on any atom is -0.465 e. The van der Waals surface area contributed by atoms with E-state index in [0.29, 0.717) is 30.6 Å². The summed E-state index contributed by atoms with van der Waals surface area (Å²) in [7, 11) is 0. The van der Waals surface area contributed by atoms with Gasteiger partial charge in [-0.05, 0) is 24.3 Å². The molecule has 2 heterocycles. The lowest BCUT2D eigenvalue weighted by Crippen LogP contribution is -2.11. The topological polar surface area (TPSA) is 57.0 Å². The Morgan fingerprint density at radius 3 is 2.82 bits per heavy atom. The van der Waals surface area contributed by atoms with Crippen LogP contribution >= 0.6 is 11.8 Å². The average molecular weight is 319 g/mol. The number of aromatic nitrogens is 3. The number of allylic oxidation sites excluding steroid dienone is 1. The molecule has 1 aliphatic heterocycles. The fourth-order valence-corrected chi connectivity index (χ4v) is 3.20. The molecule has 0 saturated carbocycles. The highest BCUT2D eigenvalue weighted by atomic mass is 32.2. The van der Waals surface area contributed by atoms with Crippen molar-refractivity contribution >= 4 is 17.7 Å². The first-order chi connectivity index (χ1) is 10.7. The van der Waals surface area contributed by atoms with Crippen molar-refractivity contribution in [2.24, 2.45) is 0 Å². The van der Waals surface area contributed by atoms with Crippen LogP contribution in [0.5, 0.6) is 0 Å². The van der Waals surface area contributed by atoms with Crippen LogP contribution in [0.2, 0.25) is 0 Å². The van der Waals surface area contributed by atoms with Crippen LogP contribution in [0.25, 0.3) is 11.4 Å². The molecule has 2 aromatic rings. The van der Waals surface area contributed by atoms with E-state index in [-0.39, 0.29) is 17.0 Å². The zero-order chi connectivity index (χ0) is 15.5. The summed E-state index contributed by atoms with van der Waals surface area (Å²) in [4.78, 5) is 11.6. The number of hydrogen-bond acceptors (Lipinski definition) is 5. The van der Waals surface area contributed by atoms with Gasteiger partial charge < -0.3 is 4.74 Å². The first-order valence-corrected chi connectivity index (χ1v) is 7.70. The van der Waals surface area contributed by atoms with Crippen LogP contribution in [0.4, 0.5) is 4.39 Å². The van der Waals surface area contributed by atoms with E-state index in [9.17, 15) is 9.18 Å². The molecule has 0 unspecified atom stereocenters. The molecule has 1 atom stereocenters. The second-order valence-electron chi connectivity index (χ2n) is 4.78. The summed E-state index contributed by atoms with van der Waals surface area (Å²) in [5.41, 5.74) is 0.761. The van der Waals surface area contributed by atoms with Gasteiger partial charge in [0.2, 0.25) is 0 Å². The van der Waals surface area contributed by atoms with Crippen molar-refractivity contribution in [2.45, 2.75) is 23.4 Å². The summed E-state index contributed by atoms with van der Waals surface area (Å²) >= 11 is 1.34. The summed E-state index contributed by atoms with van der Waals surface area (Å²) in [6, 6.07) is 6.06. The van der Waals surface area contributed by atoms with Crippen molar-refractivity contribution in [3.8, 4) is 11.4 Å². The molecule has 0 N–H and O–H groups in total. The zero-order valence-electron chi connectivity index (χ0n) is 11.7. The molecule has 0 amide bonds. The Kier molecular flexibility index (Phi) is 4.24. The molecule has 0 aliphatic carbocycles. The Bertz CT molecular complexity index is 699. The molecule has 1 aromatic carbocycles. The number of benzene rings is 1. The number of hydrogen-bond donors (Lipinski definition) is 0. The number of thioether (sulfide) groups is 1. The summed E-state index contributed by atoms with van der Waals surface area (Å²) in [5, 5.41) is 8.70. The summed E-state index contributed by atoms with van der Waals surface area (Å²) in [6.45, 7) is 4.68. The Balaban J connectivity index is 1.92. The molecule has 114 valence electrons. The molecular weight excluding hydrogens is 305 g/mol. The summed E-state index contributed by atoms with van der Waals surface area (Å²) in [5.74, 6) is 0.0945. The van der Waals surface area contributed by atoms with E-state index in [2.05, 4.69) is 16.8 Å². The van der Waals surface area contributed by atoms with Gasteiger partial charge in [0.1, 0.15) is 11.1 Å². The van der Waals surface area contributed by atoms with Crippen LogP contribution < -0.4 is 0 Å². The lowest BCUT2D eigenvalue weighted by atomic mass is 10.2. The maximum absolute atomic E-state index is 13.1. The van der Waals surface area contributed by atoms with Crippen molar-refractivity contribution in [3.05, 3.63) is 42.7 Å². The van der Waals surface area contributed by atoms with E-state index in [0.717, 1.165) is 5.56 Å². The molecule has 1 aromatic heterocycles. The third-order valence-electron chi connectivity index (χ3n) is 3.27. The molecule has 7 heteroatoms. The van der Waals surface area contributed by atoms with Crippen LogP contribution in [0, 0.1) is 5.82 Å². The van der Waals surface area contributed by atoms with Gasteiger partial charge in [-0.3, -0.25) is 9.36 Å². The maximum atomic E-state index is 13.1. The van der Waals surface area contributed by atoms with E-state index in [4.69, 9.17) is 4.74 Å². The zero-order valence-corrected chi connectivity index (χ0v) is 12.6. The third kappa shape index (κ3) is 2.89. The number of nitrogens with zero attached hydrogens (tertiary/aromatic N) is 3. The van der Waals surface area contributed by atoms with Gasteiger partial charge in [-0.2, -0.15) is 0 Å². The number of carbonyl (C=O) groups is 1. The predicted molar refractivity (Wildman–Crippen MR) is 80.8 cm³/mol. The lowest BCUT2D eigenvalue weighted by Gasteiger charge is -2.09. The van der Waals surface area contributed by atoms with Gasteiger partial charge in [-0.1, -0.05) is 17.8 Å². The molecule has 3 rings (SSSR count). The van der Waals surface area contributed by atoms with Crippen molar-refractivity contribution in [1.29, 1.82) is 0 Å². The highest BCUT2D eigenvalue weighted by Gasteiger charge is 2.29. The standard InChI is InChI=1S/C15H14FN3O2S/c1-2-8-19-13(10-3-5-11(16)6-4-10)17-18-15(19)22-12-7-9-21-14(12)20/h2-6,12H,1,7-9H2/t12-/m0/s1. The number of halogens is 1. The number of cyclic esters (lactones) is 1. The molecule has 22 heavy (non-hydrogen) atoms. The lowest BCUT2D eigenvalue weighted by molar-refractivity contribution is -0.137. The van der Waals surface area contributed by atoms with Crippen molar-refractivity contribution in [2.75, 3.05) is 6.61 Å². The van der Waals surface area contributed by atoms with Gasteiger partial charge in [0.05, 0.1) is 6.61 Å². The quantitative estimate of drug-likeness (QED) is 0.626. The Morgan fingerprint density at radius 1 is 1.41 bits per heavy atom. The number of esters is 1. The van der Waals surface area contributed by atoms with E-state index in [1.807, 2.05) is 4.57 Å². The van der Waals surface area contributed by atoms with Crippen molar-refractivity contribution in [1.82, 2.24) is 14.8 Å². The monoisotopic (exact) mass is 319 g/mol. The molecule has 5 nitrogen and oxygen atoms in total. The molecule has 1 fully saturated rings. The van der Waals surface area contributed by atoms with Gasteiger partial charge in [0.15, 0.2) is 11.0 Å². The van der Waals surface area contributed by atoms with Gasteiger partial charge >= 0.3 is 5.97 Å². The Hall–Kier alpha value is -2.15. The van der Waals surface area contributed by atoms with Crippen LogP contribution in [-0.4, -0.2) is 32.6 Å². The highest BCUT2D eigenvalue weighted by Crippen LogP contribution is 2.31. The van der Waals surface area contributed by atoms with E-state index in [1.54, 1.807) is 18.2 Å². The van der Waals surface area contributed by atoms with Gasteiger partial charge in [-0.25, -0.2) is 4.39 Å². The molecule has 0 radical (unpaired) electrons. The molecule has 1 saturated heterocycles. The predicted octanol–water partition coefficient (Wildman–Crippen LogP) is 2.68. The first-order valence-electron chi connectivity index (χ1n) is 6.82. The second-order valence-corrected chi connectivity index (χ2v) is 5.94. The van der Waals surface area contributed by atoms with Crippen LogP contribution in [0.1, 0.15) is 6.42 Å². The molecule has 1 aliphatic rings.